The lowest BCUT2D eigenvalue weighted by Crippen LogP contribution is -2.50. The molecule has 3 rings (SSSR count). The molecule has 1 saturated heterocycles. The maximum absolute atomic E-state index is 12.3. The summed E-state index contributed by atoms with van der Waals surface area (Å²) in [5.74, 6) is 0.509. The highest BCUT2D eigenvalue weighted by atomic mass is 16.5. The van der Waals surface area contributed by atoms with Gasteiger partial charge in [0.15, 0.2) is 0 Å². The van der Waals surface area contributed by atoms with E-state index >= 15 is 0 Å². The highest BCUT2D eigenvalue weighted by Gasteiger charge is 2.32. The highest BCUT2D eigenvalue weighted by molar-refractivity contribution is 5.74. The van der Waals surface area contributed by atoms with Crippen LogP contribution in [0.25, 0.3) is 0 Å². The number of amides is 2. The number of hydrogen-bond donors (Lipinski definition) is 3. The van der Waals surface area contributed by atoms with E-state index in [9.17, 15) is 9.90 Å². The summed E-state index contributed by atoms with van der Waals surface area (Å²) in [5.41, 5.74) is 0.311. The number of rotatable bonds is 5. The third-order valence-electron chi connectivity index (χ3n) is 5.07. The molecule has 23 heavy (non-hydrogen) atoms. The molecule has 126 valence electrons. The molecule has 1 unspecified atom stereocenters. The molecule has 0 spiro atoms. The van der Waals surface area contributed by atoms with E-state index < -0.39 is 5.60 Å². The van der Waals surface area contributed by atoms with E-state index in [1.54, 1.807) is 0 Å². The molecule has 1 saturated carbocycles. The van der Waals surface area contributed by atoms with Crippen LogP contribution in [0.2, 0.25) is 0 Å². The zero-order valence-electron chi connectivity index (χ0n) is 13.5. The molecule has 1 heterocycles. The first-order chi connectivity index (χ1) is 11.2. The van der Waals surface area contributed by atoms with Crippen LogP contribution in [0, 0.1) is 5.92 Å². The monoisotopic (exact) mass is 318 g/mol. The molecule has 2 aliphatic rings. The lowest BCUT2D eigenvalue weighted by atomic mass is 9.77. The van der Waals surface area contributed by atoms with Gasteiger partial charge in [-0.25, -0.2) is 4.79 Å². The van der Waals surface area contributed by atoms with E-state index in [-0.39, 0.29) is 18.6 Å². The van der Waals surface area contributed by atoms with Crippen LogP contribution in [-0.2, 0) is 4.74 Å². The van der Waals surface area contributed by atoms with E-state index in [1.807, 2.05) is 18.2 Å². The van der Waals surface area contributed by atoms with Crippen molar-refractivity contribution in [1.82, 2.24) is 10.6 Å². The molecule has 5 heteroatoms. The molecule has 1 aromatic rings. The van der Waals surface area contributed by atoms with Gasteiger partial charge < -0.3 is 20.5 Å². The Labute approximate surface area is 137 Å². The number of carbonyl (C=O) groups excluding carboxylic acids is 1. The van der Waals surface area contributed by atoms with Crippen molar-refractivity contribution < 1.29 is 14.6 Å². The van der Waals surface area contributed by atoms with Crippen LogP contribution in [0.4, 0.5) is 4.79 Å². The average Bonchev–Trinajstić information content (AvgIpc) is 2.52. The molecule has 1 atom stereocenters. The lowest BCUT2D eigenvalue weighted by Gasteiger charge is -2.35. The Morgan fingerprint density at radius 1 is 1.26 bits per heavy atom. The first kappa shape index (κ1) is 16.3. The van der Waals surface area contributed by atoms with Crippen molar-refractivity contribution in [2.24, 2.45) is 5.92 Å². The van der Waals surface area contributed by atoms with E-state index in [0.29, 0.717) is 32.0 Å². The fourth-order valence-corrected chi connectivity index (χ4v) is 3.27. The minimum atomic E-state index is -0.839. The molecule has 1 aromatic carbocycles. The fourth-order valence-electron chi connectivity index (χ4n) is 3.27. The van der Waals surface area contributed by atoms with Crippen LogP contribution in [0.5, 0.6) is 0 Å². The maximum Gasteiger partial charge on any atom is 0.315 e. The Hall–Kier alpha value is -1.59. The largest absolute Gasteiger partial charge is 0.388 e. The second-order valence-electron chi connectivity index (χ2n) is 6.74. The normalized spacial score (nSPS) is 22.0. The molecule has 0 bridgehead atoms. The van der Waals surface area contributed by atoms with Crippen molar-refractivity contribution in [3.63, 3.8) is 0 Å². The third-order valence-corrected chi connectivity index (χ3v) is 5.07. The van der Waals surface area contributed by atoms with Crippen molar-refractivity contribution in [1.29, 1.82) is 0 Å². The molecule has 0 aromatic heterocycles. The number of benzene rings is 1. The van der Waals surface area contributed by atoms with E-state index in [1.165, 1.54) is 6.42 Å². The average molecular weight is 318 g/mol. The maximum atomic E-state index is 12.3. The third kappa shape index (κ3) is 4.24. The van der Waals surface area contributed by atoms with Gasteiger partial charge >= 0.3 is 6.03 Å². The summed E-state index contributed by atoms with van der Waals surface area (Å²) in [6.07, 6.45) is 4.68. The van der Waals surface area contributed by atoms with Crippen LogP contribution in [0.15, 0.2) is 30.3 Å². The van der Waals surface area contributed by atoms with Crippen molar-refractivity contribution in [3.8, 4) is 0 Å². The summed E-state index contributed by atoms with van der Waals surface area (Å²) in [6, 6.07) is 9.98. The van der Waals surface area contributed by atoms with Gasteiger partial charge in [-0.2, -0.15) is 0 Å². The minimum Gasteiger partial charge on any atom is -0.388 e. The smallest absolute Gasteiger partial charge is 0.315 e. The second-order valence-corrected chi connectivity index (χ2v) is 6.74. The standard InChI is InChI=1S/C18H26N2O3/c21-17(19-13-18(22)9-11-23-12-10-18)20-16(15-7-4-8-15)14-5-2-1-3-6-14/h1-3,5-6,15-16,22H,4,7-13H2,(H2,19,20,21). The summed E-state index contributed by atoms with van der Waals surface area (Å²) in [5, 5.41) is 16.4. The second kappa shape index (κ2) is 7.32. The van der Waals surface area contributed by atoms with Crippen LogP contribution in [0.3, 0.4) is 0 Å². The van der Waals surface area contributed by atoms with Gasteiger partial charge in [-0.05, 0) is 24.3 Å². The minimum absolute atomic E-state index is 0.0503. The van der Waals surface area contributed by atoms with Gasteiger partial charge in [0.2, 0.25) is 0 Å². The Bertz CT molecular complexity index is 510. The Balaban J connectivity index is 1.55. The lowest BCUT2D eigenvalue weighted by molar-refractivity contribution is -0.0601. The van der Waals surface area contributed by atoms with E-state index in [4.69, 9.17) is 4.74 Å². The SMILES string of the molecule is O=C(NCC1(O)CCOCC1)NC(c1ccccc1)C1CCC1. The van der Waals surface area contributed by atoms with Crippen molar-refractivity contribution in [3.05, 3.63) is 35.9 Å². The van der Waals surface area contributed by atoms with Gasteiger partial charge in [0.05, 0.1) is 11.6 Å². The van der Waals surface area contributed by atoms with Crippen LogP contribution in [-0.4, -0.2) is 36.5 Å². The molecule has 1 aliphatic carbocycles. The Kier molecular flexibility index (Phi) is 5.18. The van der Waals surface area contributed by atoms with Crippen LogP contribution in [0.1, 0.15) is 43.7 Å². The molecule has 2 amide bonds. The van der Waals surface area contributed by atoms with Gasteiger partial charge in [-0.15, -0.1) is 0 Å². The number of urea groups is 1. The number of ether oxygens (including phenoxy) is 1. The Morgan fingerprint density at radius 3 is 2.57 bits per heavy atom. The van der Waals surface area contributed by atoms with Crippen molar-refractivity contribution >= 4 is 6.03 Å². The van der Waals surface area contributed by atoms with Gasteiger partial charge in [0.1, 0.15) is 0 Å². The van der Waals surface area contributed by atoms with Gasteiger partial charge in [0, 0.05) is 32.6 Å². The highest BCUT2D eigenvalue weighted by Crippen LogP contribution is 2.37. The topological polar surface area (TPSA) is 70.6 Å². The van der Waals surface area contributed by atoms with Crippen molar-refractivity contribution in [2.75, 3.05) is 19.8 Å². The van der Waals surface area contributed by atoms with Crippen LogP contribution >= 0.6 is 0 Å². The number of aliphatic hydroxyl groups is 1. The van der Waals surface area contributed by atoms with Gasteiger partial charge in [0.25, 0.3) is 0 Å². The summed E-state index contributed by atoms with van der Waals surface area (Å²) in [4.78, 5) is 12.3. The molecule has 3 N–H and O–H groups in total. The molecular formula is C18H26N2O3. The molecule has 1 aliphatic heterocycles. The predicted octanol–water partition coefficient (Wildman–Crippen LogP) is 2.37. The number of hydrogen-bond acceptors (Lipinski definition) is 3. The summed E-state index contributed by atoms with van der Waals surface area (Å²) in [6.45, 7) is 1.37. The zero-order valence-corrected chi connectivity index (χ0v) is 13.5. The van der Waals surface area contributed by atoms with Gasteiger partial charge in [-0.3, -0.25) is 0 Å². The molecule has 0 radical (unpaired) electrons. The first-order valence-electron chi connectivity index (χ1n) is 8.56. The number of nitrogens with one attached hydrogen (secondary N) is 2. The summed E-state index contributed by atoms with van der Waals surface area (Å²) in [7, 11) is 0. The van der Waals surface area contributed by atoms with E-state index in [0.717, 1.165) is 18.4 Å². The Morgan fingerprint density at radius 2 is 1.96 bits per heavy atom. The molecule has 5 nitrogen and oxygen atoms in total. The zero-order chi connectivity index (χ0) is 16.1. The summed E-state index contributed by atoms with van der Waals surface area (Å²) < 4.78 is 5.26. The fraction of sp³-hybridized carbons (Fsp3) is 0.611. The first-order valence-corrected chi connectivity index (χ1v) is 8.56. The quantitative estimate of drug-likeness (QED) is 0.780. The number of carbonyl (C=O) groups is 1. The summed E-state index contributed by atoms with van der Waals surface area (Å²) >= 11 is 0. The predicted molar refractivity (Wildman–Crippen MR) is 88.1 cm³/mol. The molecule has 2 fully saturated rings. The molecular weight excluding hydrogens is 292 g/mol. The van der Waals surface area contributed by atoms with Gasteiger partial charge in [-0.1, -0.05) is 36.8 Å². The van der Waals surface area contributed by atoms with E-state index in [2.05, 4.69) is 22.8 Å². The van der Waals surface area contributed by atoms with Crippen LogP contribution < -0.4 is 10.6 Å². The van der Waals surface area contributed by atoms with Crippen molar-refractivity contribution in [2.45, 2.75) is 43.7 Å².